The minimum Gasteiger partial charge on any atom is -0.495 e. The zero-order valence-corrected chi connectivity index (χ0v) is 9.14. The molecule has 0 aliphatic carbocycles. The van der Waals surface area contributed by atoms with Crippen molar-refractivity contribution in [3.8, 4) is 23.1 Å². The minimum atomic E-state index is -0.689. The molecule has 4 heteroatoms. The maximum absolute atomic E-state index is 11.6. The Labute approximate surface area is 97.7 Å². The number of ether oxygens (including phenoxy) is 1. The molecule has 0 saturated heterocycles. The predicted octanol–water partition coefficient (Wildman–Crippen LogP) is 2.19. The fourth-order valence-electron chi connectivity index (χ4n) is 1.48. The van der Waals surface area contributed by atoms with Crippen molar-refractivity contribution < 1.29 is 9.15 Å². The fraction of sp³-hybridized carbons (Fsp3) is 0.0769. The lowest BCUT2D eigenvalue weighted by molar-refractivity contribution is 0.402. The summed E-state index contributed by atoms with van der Waals surface area (Å²) in [6.07, 6.45) is 0. The average Bonchev–Trinajstić information content (AvgIpc) is 2.38. The maximum Gasteiger partial charge on any atom is 0.358 e. The Bertz CT molecular complexity index is 623. The summed E-state index contributed by atoms with van der Waals surface area (Å²) in [5, 5.41) is 8.80. The molecular weight excluding hydrogens is 218 g/mol. The second-order valence-electron chi connectivity index (χ2n) is 3.32. The molecule has 0 amide bonds. The van der Waals surface area contributed by atoms with Crippen molar-refractivity contribution in [2.45, 2.75) is 0 Å². The molecule has 4 nitrogen and oxygen atoms in total. The maximum atomic E-state index is 11.6. The van der Waals surface area contributed by atoms with Crippen LogP contribution in [0, 0.1) is 11.3 Å². The summed E-state index contributed by atoms with van der Waals surface area (Å²) in [6.45, 7) is 0. The third-order valence-corrected chi connectivity index (χ3v) is 2.31. The van der Waals surface area contributed by atoms with Gasteiger partial charge in [0.15, 0.2) is 5.56 Å². The van der Waals surface area contributed by atoms with Gasteiger partial charge in [-0.2, -0.15) is 5.26 Å². The fourth-order valence-corrected chi connectivity index (χ4v) is 1.48. The standard InChI is InChI=1S/C13H9NO3/c1-16-12-7-11(9-5-3-2-4-6-9)17-13(15)10(12)8-14/h2-7H,1H3. The van der Waals surface area contributed by atoms with Crippen molar-refractivity contribution in [2.24, 2.45) is 0 Å². The highest BCUT2D eigenvalue weighted by Crippen LogP contribution is 2.23. The Morgan fingerprint density at radius 1 is 1.29 bits per heavy atom. The molecule has 0 aliphatic heterocycles. The van der Waals surface area contributed by atoms with Gasteiger partial charge in [0.2, 0.25) is 0 Å². The Morgan fingerprint density at radius 2 is 2.00 bits per heavy atom. The monoisotopic (exact) mass is 227 g/mol. The van der Waals surface area contributed by atoms with Crippen LogP contribution in [0.3, 0.4) is 0 Å². The lowest BCUT2D eigenvalue weighted by Gasteiger charge is -2.04. The molecule has 84 valence electrons. The van der Waals surface area contributed by atoms with Crippen LogP contribution in [0.1, 0.15) is 5.56 Å². The zero-order chi connectivity index (χ0) is 12.3. The molecule has 17 heavy (non-hydrogen) atoms. The van der Waals surface area contributed by atoms with Crippen LogP contribution in [-0.2, 0) is 0 Å². The molecule has 0 spiro atoms. The molecule has 1 aromatic heterocycles. The Morgan fingerprint density at radius 3 is 2.59 bits per heavy atom. The number of nitrogens with zero attached hydrogens (tertiary/aromatic N) is 1. The van der Waals surface area contributed by atoms with Crippen molar-refractivity contribution >= 4 is 0 Å². The minimum absolute atomic E-state index is 0.118. The van der Waals surface area contributed by atoms with Crippen LogP contribution < -0.4 is 10.4 Å². The van der Waals surface area contributed by atoms with Gasteiger partial charge in [-0.15, -0.1) is 0 Å². The van der Waals surface area contributed by atoms with E-state index in [2.05, 4.69) is 0 Å². The lowest BCUT2D eigenvalue weighted by Crippen LogP contribution is -2.06. The molecule has 0 saturated carbocycles. The topological polar surface area (TPSA) is 63.2 Å². The lowest BCUT2D eigenvalue weighted by atomic mass is 10.1. The number of methoxy groups -OCH3 is 1. The van der Waals surface area contributed by atoms with Crippen LogP contribution in [0.25, 0.3) is 11.3 Å². The van der Waals surface area contributed by atoms with Gasteiger partial charge in [0, 0.05) is 11.6 Å². The van der Waals surface area contributed by atoms with Gasteiger partial charge >= 0.3 is 5.63 Å². The summed E-state index contributed by atoms with van der Waals surface area (Å²) in [7, 11) is 1.41. The van der Waals surface area contributed by atoms with Crippen molar-refractivity contribution in [3.05, 3.63) is 52.4 Å². The highest BCUT2D eigenvalue weighted by molar-refractivity contribution is 5.60. The van der Waals surface area contributed by atoms with Crippen LogP contribution >= 0.6 is 0 Å². The van der Waals surface area contributed by atoms with E-state index in [1.807, 2.05) is 30.3 Å². The third-order valence-electron chi connectivity index (χ3n) is 2.31. The summed E-state index contributed by atoms with van der Waals surface area (Å²) in [4.78, 5) is 11.6. The van der Waals surface area contributed by atoms with Crippen molar-refractivity contribution in [1.82, 2.24) is 0 Å². The molecule has 0 bridgehead atoms. The SMILES string of the molecule is COc1cc(-c2ccccc2)oc(=O)c1C#N. The van der Waals surface area contributed by atoms with Crippen LogP contribution in [0.5, 0.6) is 5.75 Å². The number of hydrogen-bond donors (Lipinski definition) is 0. The van der Waals surface area contributed by atoms with E-state index in [4.69, 9.17) is 14.4 Å². The van der Waals surface area contributed by atoms with Gasteiger partial charge < -0.3 is 9.15 Å². The first kappa shape index (κ1) is 11.0. The highest BCUT2D eigenvalue weighted by Gasteiger charge is 2.12. The van der Waals surface area contributed by atoms with Gasteiger partial charge in [0.25, 0.3) is 0 Å². The van der Waals surface area contributed by atoms with Gasteiger partial charge in [-0.25, -0.2) is 4.79 Å². The molecule has 0 fully saturated rings. The molecule has 0 atom stereocenters. The first-order chi connectivity index (χ1) is 8.26. The van der Waals surface area contributed by atoms with Gasteiger partial charge in [-0.3, -0.25) is 0 Å². The van der Waals surface area contributed by atoms with Gasteiger partial charge in [-0.1, -0.05) is 30.3 Å². The highest BCUT2D eigenvalue weighted by atomic mass is 16.5. The summed E-state index contributed by atoms with van der Waals surface area (Å²) in [5.41, 5.74) is -0.0507. The van der Waals surface area contributed by atoms with E-state index < -0.39 is 5.63 Å². The summed E-state index contributed by atoms with van der Waals surface area (Å²) in [6, 6.07) is 12.4. The molecular formula is C13H9NO3. The number of benzene rings is 1. The van der Waals surface area contributed by atoms with Crippen LogP contribution in [0.4, 0.5) is 0 Å². The first-order valence-electron chi connectivity index (χ1n) is 4.94. The number of nitriles is 1. The zero-order valence-electron chi connectivity index (χ0n) is 9.14. The van der Waals surface area contributed by atoms with E-state index in [0.29, 0.717) is 5.76 Å². The molecule has 0 N–H and O–H groups in total. The number of hydrogen-bond acceptors (Lipinski definition) is 4. The molecule has 1 aromatic carbocycles. The van der Waals surface area contributed by atoms with E-state index in [0.717, 1.165) is 5.56 Å². The van der Waals surface area contributed by atoms with Crippen molar-refractivity contribution in [1.29, 1.82) is 5.26 Å². The van der Waals surface area contributed by atoms with Crippen LogP contribution in [0.15, 0.2) is 45.6 Å². The second-order valence-corrected chi connectivity index (χ2v) is 3.32. The second kappa shape index (κ2) is 4.54. The molecule has 2 aromatic rings. The third kappa shape index (κ3) is 2.04. The van der Waals surface area contributed by atoms with E-state index in [-0.39, 0.29) is 11.3 Å². The van der Waals surface area contributed by atoms with Crippen molar-refractivity contribution in [3.63, 3.8) is 0 Å². The largest absolute Gasteiger partial charge is 0.495 e. The van der Waals surface area contributed by atoms with E-state index >= 15 is 0 Å². The Kier molecular flexibility index (Phi) is 2.93. The van der Waals surface area contributed by atoms with Crippen LogP contribution in [0.2, 0.25) is 0 Å². The van der Waals surface area contributed by atoms with Gasteiger partial charge in [0.05, 0.1) is 7.11 Å². The van der Waals surface area contributed by atoms with E-state index in [9.17, 15) is 4.79 Å². The summed E-state index contributed by atoms with van der Waals surface area (Å²) < 4.78 is 10.1. The van der Waals surface area contributed by atoms with Crippen LogP contribution in [-0.4, -0.2) is 7.11 Å². The van der Waals surface area contributed by atoms with E-state index in [1.165, 1.54) is 13.2 Å². The van der Waals surface area contributed by atoms with Crippen molar-refractivity contribution in [2.75, 3.05) is 7.11 Å². The first-order valence-corrected chi connectivity index (χ1v) is 4.94. The predicted molar refractivity (Wildman–Crippen MR) is 61.7 cm³/mol. The summed E-state index contributed by atoms with van der Waals surface area (Å²) in [5.74, 6) is 0.606. The average molecular weight is 227 g/mol. The Hall–Kier alpha value is -2.54. The van der Waals surface area contributed by atoms with Gasteiger partial charge in [-0.05, 0) is 0 Å². The quantitative estimate of drug-likeness (QED) is 0.788. The number of rotatable bonds is 2. The van der Waals surface area contributed by atoms with Gasteiger partial charge in [0.1, 0.15) is 17.6 Å². The normalized spacial score (nSPS) is 9.65. The molecule has 1 heterocycles. The Balaban J connectivity index is 2.64. The van der Waals surface area contributed by atoms with E-state index in [1.54, 1.807) is 6.07 Å². The molecule has 0 unspecified atom stereocenters. The molecule has 2 rings (SSSR count). The molecule has 0 aliphatic rings. The smallest absolute Gasteiger partial charge is 0.358 e. The summed E-state index contributed by atoms with van der Waals surface area (Å²) >= 11 is 0. The molecule has 0 radical (unpaired) electrons.